The van der Waals surface area contributed by atoms with Crippen molar-refractivity contribution in [2.75, 3.05) is 200 Å². The number of carbonyl (C=O) groups excluding carboxylic acids is 4. The fraction of sp³-hybridized carbons (Fsp3) is 0.607. The second-order valence-electron chi connectivity index (χ2n) is 20.3. The van der Waals surface area contributed by atoms with E-state index in [0.717, 1.165) is 146 Å². The summed E-state index contributed by atoms with van der Waals surface area (Å²) < 4.78 is 16.8. The molecule has 0 aliphatic carbocycles. The van der Waals surface area contributed by atoms with Crippen LogP contribution in [0.5, 0.6) is 17.2 Å². The predicted octanol–water partition coefficient (Wildman–Crippen LogP) is 4.77. The standard InChI is InChI=1S/2C16H23N3O2.C10H12O.C7H13ClN2O.C5H12N2.C2H2Cl2O/c2*1-13-3-4-15-14(11-13)19(9-10-21-15)12-16(20)18-7-5-17(2)6-8-18;1-8-4-5-10-9(7-8)3-2-6-11-10;1-9-2-4-10(5-3-9)7(11)6-8;1-7-4-2-6-3-5-7;3-1-2(4)5/h2*3-4,11H,5-10,12H2,1-2H3;4-5,7H,2-3,6H2,1H3;2-6H2,1H3;6H,2-5H2,1H3;1H2. The average molecular weight is 1120 g/mol. The van der Waals surface area contributed by atoms with E-state index < -0.39 is 5.24 Å². The van der Waals surface area contributed by atoms with Gasteiger partial charge in [0.15, 0.2) is 0 Å². The fourth-order valence-corrected chi connectivity index (χ4v) is 9.31. The number of rotatable bonds is 6. The van der Waals surface area contributed by atoms with Crippen molar-refractivity contribution >= 4 is 69.1 Å². The Hall–Kier alpha value is -4.59. The SMILES string of the molecule is CN1CCN(C(=O)CCl)CC1.CN1CCNCC1.Cc1ccc2c(c1)CCCO2.Cc1ccc2c(c1)N(CC(=O)N1CCN(C)CC1)CCO2.Cc1ccc2c(c1)N(CC(=O)N1CCN(C)CC1)CCO2.O=C(Cl)CCl. The van der Waals surface area contributed by atoms with Gasteiger partial charge in [0, 0.05) is 105 Å². The van der Waals surface area contributed by atoms with Gasteiger partial charge in [0.1, 0.15) is 36.3 Å². The number of carbonyl (C=O) groups is 4. The smallest absolute Gasteiger partial charge is 0.242 e. The van der Waals surface area contributed by atoms with Crippen LogP contribution in [0.25, 0.3) is 0 Å². The number of nitrogens with one attached hydrogen (secondary N) is 1. The van der Waals surface area contributed by atoms with Gasteiger partial charge < -0.3 is 63.6 Å². The van der Waals surface area contributed by atoms with Crippen molar-refractivity contribution in [2.24, 2.45) is 0 Å². The number of likely N-dealkylation sites (N-methyl/N-ethyl adjacent to an activating group) is 4. The lowest BCUT2D eigenvalue weighted by molar-refractivity contribution is -0.132. The largest absolute Gasteiger partial charge is 0.493 e. The van der Waals surface area contributed by atoms with Crippen molar-refractivity contribution in [1.29, 1.82) is 0 Å². The molecule has 7 aliphatic rings. The topological polar surface area (TPSA) is 137 Å². The van der Waals surface area contributed by atoms with E-state index in [4.69, 9.17) is 49.0 Å². The molecule has 0 spiro atoms. The monoisotopic (exact) mass is 1110 g/mol. The van der Waals surface area contributed by atoms with Crippen molar-refractivity contribution in [1.82, 2.24) is 39.6 Å². The van der Waals surface area contributed by atoms with Gasteiger partial charge in [-0.15, -0.1) is 23.2 Å². The van der Waals surface area contributed by atoms with Crippen molar-refractivity contribution in [2.45, 2.75) is 33.6 Å². The molecule has 422 valence electrons. The quantitative estimate of drug-likeness (QED) is 0.268. The molecule has 20 heteroatoms. The van der Waals surface area contributed by atoms with Crippen LogP contribution in [0.2, 0.25) is 0 Å². The number of anilines is 2. The summed E-state index contributed by atoms with van der Waals surface area (Å²) in [4.78, 5) is 64.6. The summed E-state index contributed by atoms with van der Waals surface area (Å²) in [5, 5.41) is 2.77. The molecule has 0 radical (unpaired) electrons. The summed E-state index contributed by atoms with van der Waals surface area (Å²) in [6.45, 7) is 26.4. The Labute approximate surface area is 468 Å². The molecule has 3 aromatic carbocycles. The lowest BCUT2D eigenvalue weighted by Crippen LogP contribution is -2.50. The number of ether oxygens (including phenoxy) is 3. The van der Waals surface area contributed by atoms with Crippen molar-refractivity contribution in [3.63, 3.8) is 0 Å². The average Bonchev–Trinajstić information content (AvgIpc) is 3.43. The van der Waals surface area contributed by atoms with Crippen molar-refractivity contribution in [3.8, 4) is 17.2 Å². The lowest BCUT2D eigenvalue weighted by atomic mass is 10.0. The summed E-state index contributed by atoms with van der Waals surface area (Å²) in [6.07, 6.45) is 2.34. The first-order valence-corrected chi connectivity index (χ1v) is 28.3. The van der Waals surface area contributed by atoms with E-state index in [1.54, 1.807) is 0 Å². The van der Waals surface area contributed by atoms with E-state index in [2.05, 4.69) is 114 Å². The molecule has 76 heavy (non-hydrogen) atoms. The van der Waals surface area contributed by atoms with Gasteiger partial charge >= 0.3 is 0 Å². The summed E-state index contributed by atoms with van der Waals surface area (Å²) in [6, 6.07) is 18.7. The molecule has 7 aliphatic heterocycles. The minimum absolute atomic E-state index is 0.0553. The first-order chi connectivity index (χ1) is 36.5. The molecular weight excluding hydrogens is 1030 g/mol. The highest BCUT2D eigenvalue weighted by Gasteiger charge is 2.27. The van der Waals surface area contributed by atoms with E-state index >= 15 is 0 Å². The van der Waals surface area contributed by atoms with Gasteiger partial charge in [-0.3, -0.25) is 19.2 Å². The van der Waals surface area contributed by atoms with Gasteiger partial charge in [0.05, 0.1) is 50.0 Å². The minimum Gasteiger partial charge on any atom is -0.493 e. The molecule has 1 N–H and O–H groups in total. The third-order valence-electron chi connectivity index (χ3n) is 14.0. The zero-order chi connectivity index (χ0) is 55.0. The van der Waals surface area contributed by atoms with Gasteiger partial charge in [-0.2, -0.15) is 0 Å². The Morgan fingerprint density at radius 2 is 0.842 bits per heavy atom. The molecule has 4 fully saturated rings. The highest BCUT2D eigenvalue weighted by molar-refractivity contribution is 6.67. The van der Waals surface area contributed by atoms with Crippen molar-refractivity contribution < 1.29 is 33.4 Å². The lowest BCUT2D eigenvalue weighted by Gasteiger charge is -2.36. The third kappa shape index (κ3) is 21.3. The van der Waals surface area contributed by atoms with Gasteiger partial charge in [-0.1, -0.05) is 29.8 Å². The number of benzene rings is 3. The molecule has 0 aromatic heterocycles. The maximum Gasteiger partial charge on any atom is 0.242 e. The number of halogens is 3. The van der Waals surface area contributed by atoms with Crippen LogP contribution in [0.4, 0.5) is 11.4 Å². The normalized spacial score (nSPS) is 18.6. The number of nitrogens with zero attached hydrogens (tertiary/aromatic N) is 9. The Morgan fingerprint density at radius 3 is 1.22 bits per heavy atom. The summed E-state index contributed by atoms with van der Waals surface area (Å²) in [5.74, 6) is 3.37. The van der Waals surface area contributed by atoms with Crippen LogP contribution in [0.3, 0.4) is 0 Å². The zero-order valence-electron chi connectivity index (χ0n) is 46.3. The Kier molecular flexibility index (Phi) is 27.0. The third-order valence-corrected chi connectivity index (χ3v) is 14.7. The molecule has 0 bridgehead atoms. The van der Waals surface area contributed by atoms with Crippen LogP contribution >= 0.6 is 34.8 Å². The second-order valence-corrected chi connectivity index (χ2v) is 21.2. The molecular formula is C56H85Cl3N10O7. The zero-order valence-corrected chi connectivity index (χ0v) is 48.6. The van der Waals surface area contributed by atoms with Crippen LogP contribution in [0.15, 0.2) is 54.6 Å². The van der Waals surface area contributed by atoms with E-state index in [9.17, 15) is 19.2 Å². The van der Waals surface area contributed by atoms with Gasteiger partial charge in [0.2, 0.25) is 23.0 Å². The predicted molar refractivity (Wildman–Crippen MR) is 308 cm³/mol. The number of alkyl halides is 2. The number of fused-ring (bicyclic) bond motifs is 3. The molecule has 0 unspecified atom stereocenters. The number of hydrogen-bond acceptors (Lipinski definition) is 14. The van der Waals surface area contributed by atoms with E-state index in [1.165, 1.54) is 41.8 Å². The molecule has 3 amide bonds. The maximum absolute atomic E-state index is 12.5. The minimum atomic E-state index is -0.508. The van der Waals surface area contributed by atoms with E-state index in [1.807, 2.05) is 39.0 Å². The summed E-state index contributed by atoms with van der Waals surface area (Å²) in [5.41, 5.74) is 7.17. The molecule has 3 aromatic rings. The number of amides is 3. The Bertz CT molecular complexity index is 2170. The van der Waals surface area contributed by atoms with Crippen LogP contribution < -0.4 is 29.3 Å². The van der Waals surface area contributed by atoms with Crippen LogP contribution in [0, 0.1) is 20.8 Å². The fourth-order valence-electron chi connectivity index (χ4n) is 9.14. The first-order valence-electron chi connectivity index (χ1n) is 26.8. The second kappa shape index (κ2) is 33.0. The highest BCUT2D eigenvalue weighted by Crippen LogP contribution is 2.33. The number of hydrogen-bond donors (Lipinski definition) is 1. The molecule has 0 saturated carbocycles. The van der Waals surface area contributed by atoms with Crippen LogP contribution in [-0.2, 0) is 25.6 Å². The van der Waals surface area contributed by atoms with E-state index in [0.29, 0.717) is 26.3 Å². The Balaban J connectivity index is 0.000000180. The van der Waals surface area contributed by atoms with Crippen LogP contribution in [0.1, 0.15) is 28.7 Å². The highest BCUT2D eigenvalue weighted by atomic mass is 35.5. The first kappa shape index (κ1) is 62.3. The van der Waals surface area contributed by atoms with Gasteiger partial charge in [-0.25, -0.2) is 0 Å². The number of piperazine rings is 4. The molecule has 0 atom stereocenters. The number of aryl methyl sites for hydroxylation is 4. The van der Waals surface area contributed by atoms with Crippen LogP contribution in [-0.4, -0.2) is 248 Å². The van der Waals surface area contributed by atoms with Gasteiger partial charge in [0.25, 0.3) is 0 Å². The molecule has 7 heterocycles. The molecule has 10 rings (SSSR count). The van der Waals surface area contributed by atoms with E-state index in [-0.39, 0.29) is 29.5 Å². The van der Waals surface area contributed by atoms with Gasteiger partial charge in [-0.05, 0) is 120 Å². The maximum atomic E-state index is 12.5. The summed E-state index contributed by atoms with van der Waals surface area (Å²) in [7, 11) is 8.41. The summed E-state index contributed by atoms with van der Waals surface area (Å²) >= 11 is 15.0. The molecule has 17 nitrogen and oxygen atoms in total. The Morgan fingerprint density at radius 1 is 0.474 bits per heavy atom. The molecule has 4 saturated heterocycles. The van der Waals surface area contributed by atoms with Crippen molar-refractivity contribution in [3.05, 3.63) is 76.9 Å².